The minimum Gasteiger partial charge on any atom is -0.481 e. The second-order valence-electron chi connectivity index (χ2n) is 3.77. The maximum atomic E-state index is 10.5. The molecule has 0 radical (unpaired) electrons. The predicted molar refractivity (Wildman–Crippen MR) is 65.5 cm³/mol. The molecule has 0 spiro atoms. The predicted octanol–water partition coefficient (Wildman–Crippen LogP) is 0.835. The maximum absolute atomic E-state index is 10.5. The largest absolute Gasteiger partial charge is 0.481 e. The summed E-state index contributed by atoms with van der Waals surface area (Å²) in [6, 6.07) is 3.86. The zero-order valence-corrected chi connectivity index (χ0v) is 10.1. The number of methoxy groups -OCH3 is 1. The smallest absolute Gasteiger partial charge is 0.217 e. The molecule has 1 rings (SSSR count). The minimum atomic E-state index is -0.237. The van der Waals surface area contributed by atoms with Crippen molar-refractivity contribution in [2.24, 2.45) is 5.73 Å². The summed E-state index contributed by atoms with van der Waals surface area (Å²) in [5.41, 5.74) is 6.08. The van der Waals surface area contributed by atoms with Gasteiger partial charge in [0.25, 0.3) is 0 Å². The van der Waals surface area contributed by atoms with Gasteiger partial charge in [-0.05, 0) is 25.5 Å². The SMILES string of the molecule is COc1ncccc1CNCCCCC(N)=O. The van der Waals surface area contributed by atoms with E-state index in [0.717, 1.165) is 24.9 Å². The van der Waals surface area contributed by atoms with Gasteiger partial charge < -0.3 is 15.8 Å². The molecule has 0 aliphatic rings. The number of hydrogen-bond acceptors (Lipinski definition) is 4. The van der Waals surface area contributed by atoms with Crippen LogP contribution in [0.15, 0.2) is 18.3 Å². The molecule has 0 fully saturated rings. The number of nitrogens with zero attached hydrogens (tertiary/aromatic N) is 1. The first kappa shape index (κ1) is 13.4. The number of nitrogens with two attached hydrogens (primary N) is 1. The van der Waals surface area contributed by atoms with Crippen LogP contribution >= 0.6 is 0 Å². The van der Waals surface area contributed by atoms with Crippen LogP contribution < -0.4 is 15.8 Å². The van der Waals surface area contributed by atoms with Gasteiger partial charge in [0.2, 0.25) is 11.8 Å². The molecule has 17 heavy (non-hydrogen) atoms. The lowest BCUT2D eigenvalue weighted by molar-refractivity contribution is -0.118. The fraction of sp³-hybridized carbons (Fsp3) is 0.500. The topological polar surface area (TPSA) is 77.2 Å². The number of carbonyl (C=O) groups excluding carboxylic acids is 1. The number of unbranched alkanes of at least 4 members (excludes halogenated alkanes) is 1. The van der Waals surface area contributed by atoms with Crippen LogP contribution in [0.4, 0.5) is 0 Å². The van der Waals surface area contributed by atoms with Crippen LogP contribution in [0.5, 0.6) is 5.88 Å². The Bertz CT molecular complexity index is 355. The van der Waals surface area contributed by atoms with E-state index in [1.807, 2.05) is 12.1 Å². The van der Waals surface area contributed by atoms with E-state index in [1.165, 1.54) is 0 Å². The van der Waals surface area contributed by atoms with Crippen LogP contribution in [-0.2, 0) is 11.3 Å². The van der Waals surface area contributed by atoms with Crippen molar-refractivity contribution < 1.29 is 9.53 Å². The van der Waals surface area contributed by atoms with Crippen LogP contribution in [0.25, 0.3) is 0 Å². The molecule has 3 N–H and O–H groups in total. The van der Waals surface area contributed by atoms with Gasteiger partial charge in [0.05, 0.1) is 7.11 Å². The molecule has 5 heteroatoms. The number of primary amides is 1. The lowest BCUT2D eigenvalue weighted by Crippen LogP contribution is -2.16. The molecule has 1 aromatic heterocycles. The molecular weight excluding hydrogens is 218 g/mol. The molecule has 0 saturated heterocycles. The Morgan fingerprint density at radius 1 is 1.53 bits per heavy atom. The highest BCUT2D eigenvalue weighted by molar-refractivity contribution is 5.73. The molecule has 1 amide bonds. The molecule has 0 aromatic carbocycles. The Balaban J connectivity index is 2.19. The number of pyridine rings is 1. The van der Waals surface area contributed by atoms with Gasteiger partial charge in [-0.15, -0.1) is 0 Å². The summed E-state index contributed by atoms with van der Waals surface area (Å²) in [6.45, 7) is 1.57. The molecule has 94 valence electrons. The van der Waals surface area contributed by atoms with E-state index in [1.54, 1.807) is 13.3 Å². The van der Waals surface area contributed by atoms with Gasteiger partial charge in [0, 0.05) is 24.7 Å². The number of nitrogens with one attached hydrogen (secondary N) is 1. The van der Waals surface area contributed by atoms with Crippen LogP contribution in [0.2, 0.25) is 0 Å². The number of carbonyl (C=O) groups is 1. The van der Waals surface area contributed by atoms with Crippen molar-refractivity contribution in [1.82, 2.24) is 10.3 Å². The third kappa shape index (κ3) is 5.31. The molecule has 0 aliphatic heterocycles. The summed E-state index contributed by atoms with van der Waals surface area (Å²) < 4.78 is 5.14. The number of ether oxygens (including phenoxy) is 1. The summed E-state index contributed by atoms with van der Waals surface area (Å²) in [7, 11) is 1.61. The zero-order chi connectivity index (χ0) is 12.5. The van der Waals surface area contributed by atoms with Crippen LogP contribution in [0.1, 0.15) is 24.8 Å². The minimum absolute atomic E-state index is 0.237. The quantitative estimate of drug-likeness (QED) is 0.657. The third-order valence-corrected chi connectivity index (χ3v) is 2.39. The van der Waals surface area contributed by atoms with Crippen molar-refractivity contribution >= 4 is 5.91 Å². The summed E-state index contributed by atoms with van der Waals surface area (Å²) >= 11 is 0. The van der Waals surface area contributed by atoms with Gasteiger partial charge in [-0.2, -0.15) is 0 Å². The average Bonchev–Trinajstić information content (AvgIpc) is 2.33. The van der Waals surface area contributed by atoms with Crippen molar-refractivity contribution in [3.8, 4) is 5.88 Å². The Morgan fingerprint density at radius 2 is 2.35 bits per heavy atom. The summed E-state index contributed by atoms with van der Waals surface area (Å²) in [6.07, 6.45) is 3.92. The van der Waals surface area contributed by atoms with Crippen molar-refractivity contribution in [3.63, 3.8) is 0 Å². The molecule has 0 aliphatic carbocycles. The van der Waals surface area contributed by atoms with Crippen molar-refractivity contribution in [2.75, 3.05) is 13.7 Å². The van der Waals surface area contributed by atoms with E-state index >= 15 is 0 Å². The van der Waals surface area contributed by atoms with Crippen LogP contribution in [0, 0.1) is 0 Å². The fourth-order valence-corrected chi connectivity index (χ4v) is 1.51. The number of aromatic nitrogens is 1. The van der Waals surface area contributed by atoms with E-state index in [4.69, 9.17) is 10.5 Å². The molecule has 5 nitrogen and oxygen atoms in total. The first-order chi connectivity index (χ1) is 8.24. The fourth-order valence-electron chi connectivity index (χ4n) is 1.51. The standard InChI is InChI=1S/C12H19N3O2/c1-17-12-10(5-4-8-15-12)9-14-7-3-2-6-11(13)16/h4-5,8,14H,2-3,6-7,9H2,1H3,(H2,13,16). The van der Waals surface area contributed by atoms with Crippen molar-refractivity contribution in [3.05, 3.63) is 23.9 Å². The number of hydrogen-bond donors (Lipinski definition) is 2. The molecule has 0 atom stereocenters. The van der Waals surface area contributed by atoms with Gasteiger partial charge in [0.1, 0.15) is 0 Å². The monoisotopic (exact) mass is 237 g/mol. The first-order valence-electron chi connectivity index (χ1n) is 5.71. The van der Waals surface area contributed by atoms with Crippen molar-refractivity contribution in [1.29, 1.82) is 0 Å². The Labute approximate surface area is 101 Å². The Kier molecular flexibility index (Phi) is 6.03. The Hall–Kier alpha value is -1.62. The van der Waals surface area contributed by atoms with Crippen LogP contribution in [0.3, 0.4) is 0 Å². The van der Waals surface area contributed by atoms with Gasteiger partial charge in [-0.3, -0.25) is 4.79 Å². The van der Waals surface area contributed by atoms with Crippen molar-refractivity contribution in [2.45, 2.75) is 25.8 Å². The molecule has 0 bridgehead atoms. The second kappa shape index (κ2) is 7.62. The summed E-state index contributed by atoms with van der Waals surface area (Å²) in [5.74, 6) is 0.413. The molecule has 0 saturated carbocycles. The highest BCUT2D eigenvalue weighted by Gasteiger charge is 2.01. The summed E-state index contributed by atoms with van der Waals surface area (Å²) in [4.78, 5) is 14.6. The number of rotatable bonds is 8. The normalized spacial score (nSPS) is 10.2. The molecular formula is C12H19N3O2. The van der Waals surface area contributed by atoms with Gasteiger partial charge in [-0.1, -0.05) is 6.07 Å². The molecule has 0 unspecified atom stereocenters. The Morgan fingerprint density at radius 3 is 3.06 bits per heavy atom. The lowest BCUT2D eigenvalue weighted by Gasteiger charge is -2.07. The highest BCUT2D eigenvalue weighted by Crippen LogP contribution is 2.12. The van der Waals surface area contributed by atoms with Crippen LogP contribution in [-0.4, -0.2) is 24.5 Å². The van der Waals surface area contributed by atoms with Gasteiger partial charge in [0.15, 0.2) is 0 Å². The van der Waals surface area contributed by atoms with E-state index in [2.05, 4.69) is 10.3 Å². The van der Waals surface area contributed by atoms with E-state index < -0.39 is 0 Å². The van der Waals surface area contributed by atoms with Gasteiger partial charge >= 0.3 is 0 Å². The highest BCUT2D eigenvalue weighted by atomic mass is 16.5. The number of amides is 1. The lowest BCUT2D eigenvalue weighted by atomic mass is 10.2. The van der Waals surface area contributed by atoms with E-state index in [9.17, 15) is 4.79 Å². The average molecular weight is 237 g/mol. The third-order valence-electron chi connectivity index (χ3n) is 2.39. The maximum Gasteiger partial charge on any atom is 0.217 e. The molecule has 1 aromatic rings. The second-order valence-corrected chi connectivity index (χ2v) is 3.77. The molecule has 1 heterocycles. The van der Waals surface area contributed by atoms with E-state index in [0.29, 0.717) is 18.8 Å². The van der Waals surface area contributed by atoms with E-state index in [-0.39, 0.29) is 5.91 Å². The zero-order valence-electron chi connectivity index (χ0n) is 10.1. The summed E-state index contributed by atoms with van der Waals surface area (Å²) in [5, 5.41) is 3.28. The first-order valence-corrected chi connectivity index (χ1v) is 5.71. The van der Waals surface area contributed by atoms with Gasteiger partial charge in [-0.25, -0.2) is 4.98 Å².